The van der Waals surface area contributed by atoms with E-state index in [1.54, 1.807) is 0 Å². The van der Waals surface area contributed by atoms with Crippen LogP contribution in [0.4, 0.5) is 0 Å². The van der Waals surface area contributed by atoms with Crippen LogP contribution in [0.5, 0.6) is 5.75 Å². The summed E-state index contributed by atoms with van der Waals surface area (Å²) in [6.45, 7) is 8.59. The first-order valence-electron chi connectivity index (χ1n) is 11.5. The Balaban J connectivity index is 1.82. The van der Waals surface area contributed by atoms with Gasteiger partial charge in [-0.2, -0.15) is 0 Å². The highest BCUT2D eigenvalue weighted by atomic mass is 16.5. The molecule has 1 atom stereocenters. The number of rotatable bonds is 5. The molecule has 1 N–H and O–H groups in total. The second-order valence-corrected chi connectivity index (χ2v) is 9.71. The molecule has 0 amide bonds. The summed E-state index contributed by atoms with van der Waals surface area (Å²) in [6, 6.07) is 7.73. The van der Waals surface area contributed by atoms with Crippen molar-refractivity contribution in [3.05, 3.63) is 52.4 Å². The highest BCUT2D eigenvalue weighted by Crippen LogP contribution is 2.48. The van der Waals surface area contributed by atoms with Crippen molar-refractivity contribution in [3.8, 4) is 5.75 Å². The first kappa shape index (κ1) is 21.7. The van der Waals surface area contributed by atoms with E-state index >= 15 is 0 Å². The molecule has 0 bridgehead atoms. The van der Waals surface area contributed by atoms with Gasteiger partial charge in [0, 0.05) is 29.0 Å². The lowest BCUT2D eigenvalue weighted by Crippen LogP contribution is -2.39. The standard InChI is InChI=1S/C26H33NO4/c1-5-30-21-13-9-8-12-18(21)23-22(25(29)31-17-10-6-7-11-17)16(2)27-19-14-26(3,4)15-20(28)24(19)23/h8-9,12-13,17,23,27H,5-7,10-11,14-15H2,1-4H3/t23-/m0/s1. The molecule has 0 spiro atoms. The molecule has 0 saturated heterocycles. The van der Waals surface area contributed by atoms with Gasteiger partial charge in [-0.15, -0.1) is 0 Å². The van der Waals surface area contributed by atoms with Crippen LogP contribution in [0.15, 0.2) is 46.8 Å². The van der Waals surface area contributed by atoms with Crippen molar-refractivity contribution >= 4 is 11.8 Å². The molecule has 31 heavy (non-hydrogen) atoms. The minimum absolute atomic E-state index is 0.0352. The smallest absolute Gasteiger partial charge is 0.337 e. The Morgan fingerprint density at radius 2 is 1.87 bits per heavy atom. The van der Waals surface area contributed by atoms with Gasteiger partial charge in [0.2, 0.25) is 0 Å². The van der Waals surface area contributed by atoms with Crippen LogP contribution in [0, 0.1) is 5.41 Å². The van der Waals surface area contributed by atoms with E-state index in [1.165, 1.54) is 0 Å². The van der Waals surface area contributed by atoms with E-state index in [1.807, 2.05) is 38.1 Å². The molecule has 1 heterocycles. The number of hydrogen-bond acceptors (Lipinski definition) is 5. The van der Waals surface area contributed by atoms with E-state index in [4.69, 9.17) is 9.47 Å². The third-order valence-corrected chi connectivity index (χ3v) is 6.57. The van der Waals surface area contributed by atoms with Crippen molar-refractivity contribution in [3.63, 3.8) is 0 Å². The fraction of sp³-hybridized carbons (Fsp3) is 0.538. The molecule has 1 aliphatic heterocycles. The number of ether oxygens (including phenoxy) is 2. The van der Waals surface area contributed by atoms with Gasteiger partial charge in [0.05, 0.1) is 18.1 Å². The molecule has 0 unspecified atom stereocenters. The van der Waals surface area contributed by atoms with Gasteiger partial charge in [0.15, 0.2) is 5.78 Å². The number of Topliss-reactive ketones (excluding diaryl/α,β-unsaturated/α-hetero) is 1. The number of para-hydroxylation sites is 1. The largest absolute Gasteiger partial charge is 0.494 e. The summed E-state index contributed by atoms with van der Waals surface area (Å²) in [5, 5.41) is 3.41. The Bertz CT molecular complexity index is 950. The van der Waals surface area contributed by atoms with Gasteiger partial charge in [0.1, 0.15) is 11.9 Å². The molecule has 5 heteroatoms. The number of dihydropyridines is 1. The zero-order chi connectivity index (χ0) is 22.2. The van der Waals surface area contributed by atoms with Crippen molar-refractivity contribution in [2.45, 2.75) is 78.2 Å². The Kier molecular flexibility index (Phi) is 5.96. The average molecular weight is 424 g/mol. The maximum atomic E-state index is 13.4. The molecule has 166 valence electrons. The van der Waals surface area contributed by atoms with Gasteiger partial charge in [-0.05, 0) is 57.4 Å². The Morgan fingerprint density at radius 1 is 1.16 bits per heavy atom. The van der Waals surface area contributed by atoms with E-state index in [-0.39, 0.29) is 23.3 Å². The number of hydrogen-bond donors (Lipinski definition) is 1. The lowest BCUT2D eigenvalue weighted by molar-refractivity contribution is -0.144. The van der Waals surface area contributed by atoms with Crippen LogP contribution in [-0.4, -0.2) is 24.5 Å². The maximum Gasteiger partial charge on any atom is 0.337 e. The monoisotopic (exact) mass is 423 g/mol. The predicted octanol–water partition coefficient (Wildman–Crippen LogP) is 5.18. The van der Waals surface area contributed by atoms with Crippen molar-refractivity contribution in [2.75, 3.05) is 6.61 Å². The first-order valence-corrected chi connectivity index (χ1v) is 11.5. The molecule has 4 rings (SSSR count). The van der Waals surface area contributed by atoms with Crippen molar-refractivity contribution < 1.29 is 19.1 Å². The molecule has 1 saturated carbocycles. The summed E-state index contributed by atoms with van der Waals surface area (Å²) >= 11 is 0. The third-order valence-electron chi connectivity index (χ3n) is 6.57. The van der Waals surface area contributed by atoms with Crippen LogP contribution in [0.3, 0.4) is 0 Å². The van der Waals surface area contributed by atoms with E-state index in [9.17, 15) is 9.59 Å². The van der Waals surface area contributed by atoms with Gasteiger partial charge in [-0.25, -0.2) is 4.79 Å². The van der Waals surface area contributed by atoms with Gasteiger partial charge < -0.3 is 14.8 Å². The van der Waals surface area contributed by atoms with Gasteiger partial charge in [-0.3, -0.25) is 4.79 Å². The summed E-state index contributed by atoms with van der Waals surface area (Å²) in [5.74, 6) is 0.00274. The fourth-order valence-corrected chi connectivity index (χ4v) is 5.24. The number of esters is 1. The molecule has 0 radical (unpaired) electrons. The van der Waals surface area contributed by atoms with Crippen LogP contribution in [0.25, 0.3) is 0 Å². The molecular weight excluding hydrogens is 390 g/mol. The van der Waals surface area contributed by atoms with E-state index in [0.29, 0.717) is 29.9 Å². The normalized spacial score (nSPS) is 23.5. The molecule has 1 aromatic carbocycles. The lowest BCUT2D eigenvalue weighted by atomic mass is 9.68. The Labute approximate surface area is 184 Å². The number of nitrogens with one attached hydrogen (secondary N) is 1. The average Bonchev–Trinajstić information content (AvgIpc) is 3.19. The molecule has 1 fully saturated rings. The van der Waals surface area contributed by atoms with Crippen LogP contribution in [0.2, 0.25) is 0 Å². The van der Waals surface area contributed by atoms with Crippen molar-refractivity contribution in [2.24, 2.45) is 5.41 Å². The highest BCUT2D eigenvalue weighted by molar-refractivity contribution is 6.04. The summed E-state index contributed by atoms with van der Waals surface area (Å²) in [7, 11) is 0. The minimum atomic E-state index is -0.475. The van der Waals surface area contributed by atoms with Crippen molar-refractivity contribution in [1.82, 2.24) is 5.32 Å². The van der Waals surface area contributed by atoms with Crippen LogP contribution in [0.1, 0.15) is 77.7 Å². The molecule has 1 aromatic rings. The summed E-state index contributed by atoms with van der Waals surface area (Å²) in [6.07, 6.45) is 5.20. The van der Waals surface area contributed by atoms with E-state index in [2.05, 4.69) is 19.2 Å². The van der Waals surface area contributed by atoms with E-state index < -0.39 is 5.92 Å². The summed E-state index contributed by atoms with van der Waals surface area (Å²) in [4.78, 5) is 26.8. The summed E-state index contributed by atoms with van der Waals surface area (Å²) < 4.78 is 11.8. The Hall–Kier alpha value is -2.56. The number of benzene rings is 1. The predicted molar refractivity (Wildman–Crippen MR) is 120 cm³/mol. The van der Waals surface area contributed by atoms with Crippen LogP contribution < -0.4 is 10.1 Å². The number of carbonyl (C=O) groups is 2. The Morgan fingerprint density at radius 3 is 2.58 bits per heavy atom. The molecule has 3 aliphatic rings. The van der Waals surface area contributed by atoms with Crippen LogP contribution in [-0.2, 0) is 14.3 Å². The van der Waals surface area contributed by atoms with Gasteiger partial charge in [-0.1, -0.05) is 32.0 Å². The number of allylic oxidation sites excluding steroid dienone is 3. The highest BCUT2D eigenvalue weighted by Gasteiger charge is 2.44. The third kappa shape index (κ3) is 4.28. The second kappa shape index (κ2) is 8.52. The number of carbonyl (C=O) groups excluding carboxylic acids is 2. The topological polar surface area (TPSA) is 64.6 Å². The zero-order valence-corrected chi connectivity index (χ0v) is 19.0. The van der Waals surface area contributed by atoms with Gasteiger partial charge in [0.25, 0.3) is 0 Å². The SMILES string of the molecule is CCOc1ccccc1[C@H]1C(C(=O)OC2CCCC2)=C(C)NC2=C1C(=O)CC(C)(C)C2. The molecule has 2 aliphatic carbocycles. The molecule has 0 aromatic heterocycles. The van der Waals surface area contributed by atoms with Crippen molar-refractivity contribution in [1.29, 1.82) is 0 Å². The quantitative estimate of drug-likeness (QED) is 0.662. The second-order valence-electron chi connectivity index (χ2n) is 9.71. The molecule has 5 nitrogen and oxygen atoms in total. The lowest BCUT2D eigenvalue weighted by Gasteiger charge is -2.39. The maximum absolute atomic E-state index is 13.4. The minimum Gasteiger partial charge on any atom is -0.494 e. The summed E-state index contributed by atoms with van der Waals surface area (Å²) in [5.41, 5.74) is 3.65. The van der Waals surface area contributed by atoms with Gasteiger partial charge >= 0.3 is 5.97 Å². The first-order chi connectivity index (χ1) is 14.8. The van der Waals surface area contributed by atoms with E-state index in [0.717, 1.165) is 49.1 Å². The zero-order valence-electron chi connectivity index (χ0n) is 19.0. The molecular formula is C26H33NO4. The van der Waals surface area contributed by atoms with Crippen LogP contribution >= 0.6 is 0 Å². The fourth-order valence-electron chi connectivity index (χ4n) is 5.24. The number of ketones is 1.